The molecule has 0 bridgehead atoms. The highest BCUT2D eigenvalue weighted by Gasteiger charge is 2.24. The number of allylic oxidation sites excluding steroid dienone is 2. The van der Waals surface area contributed by atoms with Gasteiger partial charge in [0.2, 0.25) is 0 Å². The van der Waals surface area contributed by atoms with Gasteiger partial charge >= 0.3 is 5.69 Å². The molecule has 31 heavy (non-hydrogen) atoms. The van der Waals surface area contributed by atoms with E-state index in [9.17, 15) is 18.0 Å². The van der Waals surface area contributed by atoms with E-state index in [2.05, 4.69) is 9.97 Å². The number of sulfone groups is 1. The second-order valence-electron chi connectivity index (χ2n) is 7.93. The third-order valence-electron chi connectivity index (χ3n) is 5.75. The number of hydrogen-bond donors (Lipinski definition) is 2. The molecule has 0 amide bonds. The van der Waals surface area contributed by atoms with Gasteiger partial charge in [-0.3, -0.25) is 9.78 Å². The van der Waals surface area contributed by atoms with Gasteiger partial charge in [-0.05, 0) is 42.0 Å². The summed E-state index contributed by atoms with van der Waals surface area (Å²) >= 11 is 0. The van der Waals surface area contributed by atoms with Crippen LogP contribution >= 0.6 is 0 Å². The summed E-state index contributed by atoms with van der Waals surface area (Å²) < 4.78 is 24.3. The summed E-state index contributed by atoms with van der Waals surface area (Å²) in [6, 6.07) is 16.7. The normalized spacial score (nSPS) is 16.7. The molecule has 160 valence electrons. The molecule has 7 heteroatoms. The lowest BCUT2D eigenvalue weighted by atomic mass is 9.83. The molecule has 1 atom stereocenters. The minimum atomic E-state index is -3.33. The van der Waals surface area contributed by atoms with Crippen molar-refractivity contribution < 1.29 is 8.42 Å². The van der Waals surface area contributed by atoms with Gasteiger partial charge in [0.05, 0.1) is 4.90 Å². The van der Waals surface area contributed by atoms with Crippen LogP contribution in [0.1, 0.15) is 47.6 Å². The Labute approximate surface area is 180 Å². The molecular weight excluding hydrogens is 412 g/mol. The van der Waals surface area contributed by atoms with Gasteiger partial charge < -0.3 is 4.98 Å². The summed E-state index contributed by atoms with van der Waals surface area (Å²) in [6.45, 7) is 0. The van der Waals surface area contributed by atoms with Crippen LogP contribution in [-0.4, -0.2) is 24.6 Å². The summed E-state index contributed by atoms with van der Waals surface area (Å²) in [4.78, 5) is 30.1. The summed E-state index contributed by atoms with van der Waals surface area (Å²) in [6.07, 6.45) is 5.68. The van der Waals surface area contributed by atoms with Crippen molar-refractivity contribution in [1.82, 2.24) is 9.97 Å². The van der Waals surface area contributed by atoms with Crippen molar-refractivity contribution in [2.45, 2.75) is 36.5 Å². The maximum absolute atomic E-state index is 12.6. The zero-order valence-electron chi connectivity index (χ0n) is 17.2. The van der Waals surface area contributed by atoms with E-state index >= 15 is 0 Å². The number of H-pyrrole nitrogens is 2. The van der Waals surface area contributed by atoms with Crippen LogP contribution in [-0.2, 0) is 16.3 Å². The number of nitrogens with one attached hydrogen (secondary N) is 2. The maximum Gasteiger partial charge on any atom is 0.325 e. The Morgan fingerprint density at radius 1 is 0.968 bits per heavy atom. The number of aromatic amines is 2. The lowest BCUT2D eigenvalue weighted by molar-refractivity contribution is 0.593. The molecule has 1 aromatic heterocycles. The van der Waals surface area contributed by atoms with Gasteiger partial charge in [-0.2, -0.15) is 0 Å². The van der Waals surface area contributed by atoms with Crippen molar-refractivity contribution in [3.63, 3.8) is 0 Å². The zero-order chi connectivity index (χ0) is 22.0. The molecule has 2 aromatic carbocycles. The number of rotatable bonds is 5. The van der Waals surface area contributed by atoms with Gasteiger partial charge in [-0.1, -0.05) is 54.6 Å². The summed E-state index contributed by atoms with van der Waals surface area (Å²) in [5.74, 6) is -0.0112. The van der Waals surface area contributed by atoms with Crippen LogP contribution in [0.15, 0.2) is 75.2 Å². The molecule has 0 spiro atoms. The van der Waals surface area contributed by atoms with Crippen LogP contribution in [0, 0.1) is 0 Å². The Balaban J connectivity index is 1.68. The van der Waals surface area contributed by atoms with E-state index in [0.29, 0.717) is 41.8 Å². The van der Waals surface area contributed by atoms with Gasteiger partial charge in [0, 0.05) is 29.9 Å². The topological polar surface area (TPSA) is 99.9 Å². The van der Waals surface area contributed by atoms with Gasteiger partial charge in [-0.15, -0.1) is 0 Å². The van der Waals surface area contributed by atoms with Crippen molar-refractivity contribution in [2.24, 2.45) is 0 Å². The van der Waals surface area contributed by atoms with Crippen LogP contribution in [0.2, 0.25) is 0 Å². The Kier molecular flexibility index (Phi) is 5.78. The van der Waals surface area contributed by atoms with Crippen molar-refractivity contribution in [3.05, 3.63) is 104 Å². The maximum atomic E-state index is 12.6. The molecule has 0 fully saturated rings. The molecule has 0 saturated heterocycles. The molecule has 1 unspecified atom stereocenters. The lowest BCUT2D eigenvalue weighted by Crippen LogP contribution is -2.30. The van der Waals surface area contributed by atoms with Crippen LogP contribution in [0.25, 0.3) is 5.57 Å². The molecule has 1 aliphatic carbocycles. The van der Waals surface area contributed by atoms with Crippen LogP contribution in [0.4, 0.5) is 0 Å². The van der Waals surface area contributed by atoms with Crippen LogP contribution in [0.5, 0.6) is 0 Å². The second kappa shape index (κ2) is 8.51. The highest BCUT2D eigenvalue weighted by Crippen LogP contribution is 2.37. The first-order valence-electron chi connectivity index (χ1n) is 10.2. The van der Waals surface area contributed by atoms with Crippen molar-refractivity contribution in [1.29, 1.82) is 0 Å². The van der Waals surface area contributed by atoms with Gasteiger partial charge in [-0.25, -0.2) is 13.2 Å². The van der Waals surface area contributed by atoms with E-state index in [4.69, 9.17) is 0 Å². The molecule has 1 aliphatic rings. The standard InChI is InChI=1S/C24H24N2O4S/c1-31(29,30)21-10-6-5-9-19(21)17-11-13-18(14-12-17)22-20(23(27)26-24(28)25-22)15-16-7-3-2-4-8-16/h2-11,18H,12-15H2,1H3,(H2,25,26,27,28). The van der Waals surface area contributed by atoms with Crippen molar-refractivity contribution in [3.8, 4) is 0 Å². The van der Waals surface area contributed by atoms with E-state index in [1.807, 2.05) is 48.5 Å². The number of hydrogen-bond acceptors (Lipinski definition) is 4. The smallest absolute Gasteiger partial charge is 0.311 e. The number of benzene rings is 2. The quantitative estimate of drug-likeness (QED) is 0.640. The Morgan fingerprint density at radius 2 is 1.68 bits per heavy atom. The Hall–Kier alpha value is -3.19. The van der Waals surface area contributed by atoms with E-state index < -0.39 is 15.5 Å². The van der Waals surface area contributed by atoms with Gasteiger partial charge in [0.15, 0.2) is 9.84 Å². The van der Waals surface area contributed by atoms with E-state index in [1.54, 1.807) is 12.1 Å². The fourth-order valence-electron chi connectivity index (χ4n) is 4.25. The summed E-state index contributed by atoms with van der Waals surface area (Å²) in [5, 5.41) is 0. The highest BCUT2D eigenvalue weighted by atomic mass is 32.2. The lowest BCUT2D eigenvalue weighted by Gasteiger charge is -2.24. The molecule has 0 saturated carbocycles. The van der Waals surface area contributed by atoms with Crippen molar-refractivity contribution in [2.75, 3.05) is 6.26 Å². The first-order chi connectivity index (χ1) is 14.8. The average molecular weight is 437 g/mol. The summed E-state index contributed by atoms with van der Waals surface area (Å²) in [7, 11) is -3.33. The first kappa shape index (κ1) is 21.1. The van der Waals surface area contributed by atoms with E-state index in [0.717, 1.165) is 16.7 Å². The molecular formula is C24H24N2O4S. The molecule has 3 aromatic rings. The van der Waals surface area contributed by atoms with E-state index in [1.165, 1.54) is 6.26 Å². The minimum Gasteiger partial charge on any atom is -0.311 e. The number of aromatic nitrogens is 2. The molecule has 0 aliphatic heterocycles. The van der Waals surface area contributed by atoms with Crippen molar-refractivity contribution >= 4 is 15.4 Å². The SMILES string of the molecule is CS(=O)(=O)c1ccccc1C1=CCC(c2[nH]c(=O)[nH]c(=O)c2Cc2ccccc2)CC1. The average Bonchev–Trinajstić information content (AvgIpc) is 2.76. The fourth-order valence-corrected chi connectivity index (χ4v) is 5.17. The highest BCUT2D eigenvalue weighted by molar-refractivity contribution is 7.90. The largest absolute Gasteiger partial charge is 0.325 e. The molecule has 0 radical (unpaired) electrons. The molecule has 6 nitrogen and oxygen atoms in total. The predicted molar refractivity (Wildman–Crippen MR) is 121 cm³/mol. The fraction of sp³-hybridized carbons (Fsp3) is 0.250. The van der Waals surface area contributed by atoms with Gasteiger partial charge in [0.1, 0.15) is 0 Å². The van der Waals surface area contributed by atoms with E-state index in [-0.39, 0.29) is 11.5 Å². The molecule has 1 heterocycles. The minimum absolute atomic E-state index is 0.0112. The third-order valence-corrected chi connectivity index (χ3v) is 6.90. The van der Waals surface area contributed by atoms with Crippen LogP contribution < -0.4 is 11.2 Å². The predicted octanol–water partition coefficient (Wildman–Crippen LogP) is 3.41. The first-order valence-corrected chi connectivity index (χ1v) is 12.1. The summed E-state index contributed by atoms with van der Waals surface area (Å²) in [5.41, 5.74) is 3.08. The molecule has 4 rings (SSSR count). The third kappa shape index (κ3) is 4.61. The Bertz CT molecular complexity index is 1350. The second-order valence-corrected chi connectivity index (χ2v) is 9.92. The molecule has 2 N–H and O–H groups in total. The monoisotopic (exact) mass is 436 g/mol. The Morgan fingerprint density at radius 3 is 2.35 bits per heavy atom. The zero-order valence-corrected chi connectivity index (χ0v) is 18.0. The van der Waals surface area contributed by atoms with Crippen LogP contribution in [0.3, 0.4) is 0 Å². The van der Waals surface area contributed by atoms with Gasteiger partial charge in [0.25, 0.3) is 5.56 Å².